The summed E-state index contributed by atoms with van der Waals surface area (Å²) in [6, 6.07) is 0. The van der Waals surface area contributed by atoms with E-state index < -0.39 is 0 Å². The lowest BCUT2D eigenvalue weighted by Crippen LogP contribution is -2.48. The number of halogens is 1. The van der Waals surface area contributed by atoms with Gasteiger partial charge in [-0.05, 0) is 24.7 Å². The van der Waals surface area contributed by atoms with E-state index in [4.69, 9.17) is 0 Å². The average molecular weight is 335 g/mol. The topological polar surface area (TPSA) is 27.6 Å². The molecule has 0 aromatic carbocycles. The zero-order valence-corrected chi connectivity index (χ0v) is 12.2. The van der Waals surface area contributed by atoms with Crippen molar-refractivity contribution >= 4 is 29.9 Å². The summed E-state index contributed by atoms with van der Waals surface area (Å²) in [5.41, 5.74) is 0. The van der Waals surface area contributed by atoms with Gasteiger partial charge in [0.15, 0.2) is 5.96 Å². The average Bonchev–Trinajstić information content (AvgIpc) is 2.82. The molecule has 1 saturated carbocycles. The van der Waals surface area contributed by atoms with Crippen LogP contribution in [0.5, 0.6) is 0 Å². The number of likely N-dealkylation sites (tertiary alicyclic amines) is 1. The molecule has 3 rings (SSSR count). The number of hydrogen-bond donors (Lipinski definition) is 1. The number of nitrogens with one attached hydrogen (secondary N) is 1. The first-order valence-corrected chi connectivity index (χ1v) is 6.47. The lowest BCUT2D eigenvalue weighted by Gasteiger charge is -2.41. The molecule has 2 unspecified atom stereocenters. The third-order valence-electron chi connectivity index (χ3n) is 4.25. The zero-order chi connectivity index (χ0) is 10.1. The Labute approximate surface area is 115 Å². The summed E-state index contributed by atoms with van der Waals surface area (Å²) >= 11 is 0. The normalized spacial score (nSPS) is 33.5. The van der Waals surface area contributed by atoms with Crippen LogP contribution in [0.15, 0.2) is 4.99 Å². The molecule has 0 amide bonds. The van der Waals surface area contributed by atoms with E-state index in [1.807, 2.05) is 0 Å². The molecular formula is C12H22IN3. The predicted octanol–water partition coefficient (Wildman–Crippen LogP) is 2.08. The van der Waals surface area contributed by atoms with Crippen LogP contribution in [0.1, 0.15) is 32.1 Å². The molecule has 16 heavy (non-hydrogen) atoms. The van der Waals surface area contributed by atoms with Crippen LogP contribution in [-0.2, 0) is 0 Å². The minimum Gasteiger partial charge on any atom is -0.354 e. The highest BCUT2D eigenvalue weighted by molar-refractivity contribution is 14.0. The highest BCUT2D eigenvalue weighted by atomic mass is 127. The van der Waals surface area contributed by atoms with E-state index in [1.54, 1.807) is 0 Å². The van der Waals surface area contributed by atoms with Crippen molar-refractivity contribution in [2.45, 2.75) is 32.1 Å². The summed E-state index contributed by atoms with van der Waals surface area (Å²) in [6.45, 7) is 4.50. The molecule has 0 spiro atoms. The fraction of sp³-hybridized carbons (Fsp3) is 0.917. The van der Waals surface area contributed by atoms with Crippen LogP contribution in [0.4, 0.5) is 0 Å². The summed E-state index contributed by atoms with van der Waals surface area (Å²) in [4.78, 5) is 7.01. The van der Waals surface area contributed by atoms with Crippen LogP contribution in [0.25, 0.3) is 0 Å². The molecule has 0 radical (unpaired) electrons. The number of rotatable bonds is 0. The van der Waals surface area contributed by atoms with E-state index in [1.165, 1.54) is 51.2 Å². The van der Waals surface area contributed by atoms with Gasteiger partial charge in [-0.1, -0.05) is 19.3 Å². The Morgan fingerprint density at radius 2 is 1.94 bits per heavy atom. The van der Waals surface area contributed by atoms with E-state index in [0.29, 0.717) is 0 Å². The van der Waals surface area contributed by atoms with Gasteiger partial charge in [0.2, 0.25) is 0 Å². The molecule has 4 heteroatoms. The quantitative estimate of drug-likeness (QED) is 0.687. The van der Waals surface area contributed by atoms with E-state index in [0.717, 1.165) is 24.9 Å². The smallest absolute Gasteiger partial charge is 0.194 e. The molecule has 1 saturated heterocycles. The van der Waals surface area contributed by atoms with Gasteiger partial charge in [-0.3, -0.25) is 4.99 Å². The Morgan fingerprint density at radius 1 is 1.12 bits per heavy atom. The second kappa shape index (κ2) is 5.56. The maximum Gasteiger partial charge on any atom is 0.194 e. The summed E-state index contributed by atoms with van der Waals surface area (Å²) in [5.74, 6) is 3.16. The number of nitrogens with zero attached hydrogens (tertiary/aromatic N) is 2. The van der Waals surface area contributed by atoms with Crippen LogP contribution in [0.2, 0.25) is 0 Å². The Hall–Kier alpha value is 0. The summed E-state index contributed by atoms with van der Waals surface area (Å²) < 4.78 is 0. The van der Waals surface area contributed by atoms with Crippen LogP contribution >= 0.6 is 24.0 Å². The lowest BCUT2D eigenvalue weighted by molar-refractivity contribution is 0.128. The van der Waals surface area contributed by atoms with Crippen molar-refractivity contribution < 1.29 is 0 Å². The predicted molar refractivity (Wildman–Crippen MR) is 77.4 cm³/mol. The molecule has 3 aliphatic rings. The first kappa shape index (κ1) is 12.5. The maximum absolute atomic E-state index is 4.53. The number of hydrogen-bond acceptors (Lipinski definition) is 3. The van der Waals surface area contributed by atoms with Gasteiger partial charge in [0, 0.05) is 19.6 Å². The number of guanidine groups is 1. The Morgan fingerprint density at radius 3 is 2.69 bits per heavy atom. The lowest BCUT2D eigenvalue weighted by atomic mass is 9.75. The van der Waals surface area contributed by atoms with Crippen molar-refractivity contribution in [1.29, 1.82) is 0 Å². The van der Waals surface area contributed by atoms with Crippen LogP contribution in [0, 0.1) is 11.8 Å². The van der Waals surface area contributed by atoms with Crippen LogP contribution in [0.3, 0.4) is 0 Å². The molecule has 1 aliphatic carbocycles. The van der Waals surface area contributed by atoms with Gasteiger partial charge in [0.05, 0.1) is 6.54 Å². The van der Waals surface area contributed by atoms with Crippen molar-refractivity contribution in [2.75, 3.05) is 26.2 Å². The van der Waals surface area contributed by atoms with E-state index in [9.17, 15) is 0 Å². The zero-order valence-electron chi connectivity index (χ0n) is 9.82. The Bertz CT molecular complexity index is 267. The van der Waals surface area contributed by atoms with Crippen molar-refractivity contribution in [3.8, 4) is 0 Å². The molecule has 2 atom stereocenters. The largest absolute Gasteiger partial charge is 0.354 e. The first-order chi connectivity index (χ1) is 7.43. The maximum atomic E-state index is 4.53. The molecule has 0 bridgehead atoms. The Balaban J connectivity index is 0.000000963. The van der Waals surface area contributed by atoms with Crippen LogP contribution < -0.4 is 5.32 Å². The summed E-state index contributed by atoms with van der Waals surface area (Å²) in [6.07, 6.45) is 7.26. The van der Waals surface area contributed by atoms with Crippen molar-refractivity contribution in [3.63, 3.8) is 0 Å². The molecule has 2 aliphatic heterocycles. The van der Waals surface area contributed by atoms with E-state index >= 15 is 0 Å². The third kappa shape index (κ3) is 2.46. The minimum atomic E-state index is 0. The SMILES string of the molecule is C1CCC2CN(C3=NCCN3)CCC2C1.I. The highest BCUT2D eigenvalue weighted by Crippen LogP contribution is 2.36. The second-order valence-electron chi connectivity index (χ2n) is 5.17. The molecule has 0 aromatic heterocycles. The van der Waals surface area contributed by atoms with Crippen molar-refractivity contribution in [1.82, 2.24) is 10.2 Å². The molecule has 0 aromatic rings. The molecule has 2 heterocycles. The molecule has 3 nitrogen and oxygen atoms in total. The molecular weight excluding hydrogens is 313 g/mol. The van der Waals surface area contributed by atoms with Gasteiger partial charge in [0.25, 0.3) is 0 Å². The fourth-order valence-corrected chi connectivity index (χ4v) is 3.39. The van der Waals surface area contributed by atoms with E-state index in [-0.39, 0.29) is 24.0 Å². The molecule has 92 valence electrons. The first-order valence-electron chi connectivity index (χ1n) is 6.47. The summed E-state index contributed by atoms with van der Waals surface area (Å²) in [7, 11) is 0. The van der Waals surface area contributed by atoms with Gasteiger partial charge < -0.3 is 10.2 Å². The summed E-state index contributed by atoms with van der Waals surface area (Å²) in [5, 5.41) is 3.40. The number of piperidine rings is 1. The third-order valence-corrected chi connectivity index (χ3v) is 4.25. The Kier molecular flexibility index (Phi) is 4.33. The van der Waals surface area contributed by atoms with Crippen LogP contribution in [-0.4, -0.2) is 37.0 Å². The molecule has 1 N–H and O–H groups in total. The van der Waals surface area contributed by atoms with E-state index in [2.05, 4.69) is 15.2 Å². The number of aliphatic imine (C=N–C) groups is 1. The van der Waals surface area contributed by atoms with Gasteiger partial charge in [-0.2, -0.15) is 0 Å². The fourth-order valence-electron chi connectivity index (χ4n) is 3.39. The number of fused-ring (bicyclic) bond motifs is 1. The second-order valence-corrected chi connectivity index (χ2v) is 5.17. The molecule has 2 fully saturated rings. The van der Waals surface area contributed by atoms with Crippen molar-refractivity contribution in [2.24, 2.45) is 16.8 Å². The monoisotopic (exact) mass is 335 g/mol. The van der Waals surface area contributed by atoms with Gasteiger partial charge >= 0.3 is 0 Å². The van der Waals surface area contributed by atoms with Crippen molar-refractivity contribution in [3.05, 3.63) is 0 Å². The van der Waals surface area contributed by atoms with Gasteiger partial charge in [-0.25, -0.2) is 0 Å². The van der Waals surface area contributed by atoms with Gasteiger partial charge in [0.1, 0.15) is 0 Å². The standard InChI is InChI=1S/C12H21N3.HI/c1-2-4-11-9-15(8-5-10(11)3-1)12-13-6-7-14-12;/h10-11H,1-9H2,(H,13,14);1H. The minimum absolute atomic E-state index is 0. The van der Waals surface area contributed by atoms with Gasteiger partial charge in [-0.15, -0.1) is 24.0 Å². The highest BCUT2D eigenvalue weighted by Gasteiger charge is 2.32.